The van der Waals surface area contributed by atoms with Crippen LogP contribution in [0.5, 0.6) is 0 Å². The minimum absolute atomic E-state index is 0.447. The van der Waals surface area contributed by atoms with Crippen molar-refractivity contribution < 1.29 is 0 Å². The molecule has 0 saturated heterocycles. The fourth-order valence-electron chi connectivity index (χ4n) is 7.48. The molecule has 0 unspecified atom stereocenters. The van der Waals surface area contributed by atoms with Crippen LogP contribution >= 0.6 is 0 Å². The summed E-state index contributed by atoms with van der Waals surface area (Å²) in [5.41, 5.74) is 9.00. The highest BCUT2D eigenvalue weighted by Gasteiger charge is 2.25. The summed E-state index contributed by atoms with van der Waals surface area (Å²) in [5.74, 6) is 0. The SMILES string of the molecule is [C-]#[N+]c1c(N(c2ccccc2)c2ccccc2)cc(C#N)cc1-n1c2ccc(N(c3ccccc3)c3ccccc3)cc2c2c3ccccc3ccc21. The van der Waals surface area contributed by atoms with Gasteiger partial charge in [0.2, 0.25) is 5.69 Å². The predicted octanol–water partition coefficient (Wildman–Crippen LogP) is 13.3. The van der Waals surface area contributed by atoms with Crippen LogP contribution in [0.25, 0.3) is 43.1 Å². The highest BCUT2D eigenvalue weighted by Crippen LogP contribution is 2.47. The molecule has 5 nitrogen and oxygen atoms in total. The van der Waals surface area contributed by atoms with Crippen molar-refractivity contribution in [1.82, 2.24) is 4.57 Å². The van der Waals surface area contributed by atoms with Crippen molar-refractivity contribution in [2.75, 3.05) is 9.80 Å². The summed E-state index contributed by atoms with van der Waals surface area (Å²) in [4.78, 5) is 8.58. The molecule has 9 aromatic rings. The first-order chi connectivity index (χ1) is 26.2. The first kappa shape index (κ1) is 31.4. The van der Waals surface area contributed by atoms with Gasteiger partial charge in [0.15, 0.2) is 0 Å². The highest BCUT2D eigenvalue weighted by molar-refractivity contribution is 6.22. The van der Waals surface area contributed by atoms with Gasteiger partial charge >= 0.3 is 0 Å². The molecule has 0 bridgehead atoms. The maximum absolute atomic E-state index is 10.5. The summed E-state index contributed by atoms with van der Waals surface area (Å²) in [5, 5.41) is 14.9. The number of para-hydroxylation sites is 4. The Morgan fingerprint density at radius 3 is 1.58 bits per heavy atom. The Labute approximate surface area is 307 Å². The zero-order valence-corrected chi connectivity index (χ0v) is 28.6. The molecule has 0 amide bonds. The van der Waals surface area contributed by atoms with Crippen LogP contribution in [-0.4, -0.2) is 4.57 Å². The molecule has 0 aliphatic heterocycles. The van der Waals surface area contributed by atoms with E-state index >= 15 is 0 Å². The Balaban J connectivity index is 1.37. The van der Waals surface area contributed by atoms with Gasteiger partial charge in [0.1, 0.15) is 0 Å². The first-order valence-electron chi connectivity index (χ1n) is 17.5. The molecule has 5 heteroatoms. The molecule has 0 radical (unpaired) electrons. The largest absolute Gasteiger partial charge is 0.320 e. The fourth-order valence-corrected chi connectivity index (χ4v) is 7.48. The minimum atomic E-state index is 0.447. The van der Waals surface area contributed by atoms with E-state index in [9.17, 15) is 5.26 Å². The van der Waals surface area contributed by atoms with Crippen LogP contribution in [0.2, 0.25) is 0 Å². The fraction of sp³-hybridized carbons (Fsp3) is 0. The highest BCUT2D eigenvalue weighted by atomic mass is 15.2. The minimum Gasteiger partial charge on any atom is -0.320 e. The van der Waals surface area contributed by atoms with Gasteiger partial charge in [-0.3, -0.25) is 0 Å². The summed E-state index contributed by atoms with van der Waals surface area (Å²) in [6.07, 6.45) is 0. The standard InChI is InChI=1S/C48H31N5/c1-50-48-45(52(38-21-10-4-11-22-38)39-23-12-5-13-24-39)30-34(33-49)31-46(48)53-43-29-27-40(51(36-17-6-2-7-18-36)37-19-8-3-9-20-37)32-42(43)47-41-25-15-14-16-35(41)26-28-44(47)53/h2-32H. The van der Waals surface area contributed by atoms with E-state index in [1.807, 2.05) is 84.9 Å². The maximum Gasteiger partial charge on any atom is 0.234 e. The molecule has 0 aliphatic rings. The third kappa shape index (κ3) is 5.42. The molecule has 0 saturated carbocycles. The summed E-state index contributed by atoms with van der Waals surface area (Å²) < 4.78 is 2.17. The second kappa shape index (κ2) is 13.3. The Morgan fingerprint density at radius 2 is 1.02 bits per heavy atom. The zero-order valence-electron chi connectivity index (χ0n) is 28.6. The van der Waals surface area contributed by atoms with Crippen molar-refractivity contribution in [2.24, 2.45) is 0 Å². The lowest BCUT2D eigenvalue weighted by atomic mass is 10.0. The Bertz CT molecular complexity index is 2770. The number of benzene rings is 8. The molecule has 248 valence electrons. The van der Waals surface area contributed by atoms with Gasteiger partial charge in [-0.05, 0) is 95.7 Å². The van der Waals surface area contributed by atoms with Gasteiger partial charge in [-0.1, -0.05) is 103 Å². The Morgan fingerprint density at radius 1 is 0.491 bits per heavy atom. The van der Waals surface area contributed by atoms with Gasteiger partial charge in [0.05, 0.1) is 40.6 Å². The lowest BCUT2D eigenvalue weighted by Gasteiger charge is -2.28. The van der Waals surface area contributed by atoms with E-state index in [0.29, 0.717) is 22.6 Å². The van der Waals surface area contributed by atoms with E-state index in [4.69, 9.17) is 6.57 Å². The van der Waals surface area contributed by atoms with Crippen molar-refractivity contribution in [3.05, 3.63) is 205 Å². The van der Waals surface area contributed by atoms with Crippen LogP contribution in [0.3, 0.4) is 0 Å². The van der Waals surface area contributed by atoms with E-state index in [1.165, 1.54) is 0 Å². The van der Waals surface area contributed by atoms with Crippen molar-refractivity contribution in [3.8, 4) is 11.8 Å². The van der Waals surface area contributed by atoms with Gasteiger partial charge in [0, 0.05) is 39.2 Å². The molecule has 9 rings (SSSR count). The van der Waals surface area contributed by atoms with Crippen LogP contribution < -0.4 is 9.80 Å². The lowest BCUT2D eigenvalue weighted by Crippen LogP contribution is -2.11. The number of hydrogen-bond donors (Lipinski definition) is 0. The monoisotopic (exact) mass is 677 g/mol. The molecule has 0 aliphatic carbocycles. The lowest BCUT2D eigenvalue weighted by molar-refractivity contribution is 1.17. The molecule has 1 aromatic heterocycles. The number of nitriles is 1. The summed E-state index contributed by atoms with van der Waals surface area (Å²) in [6.45, 7) is 8.70. The number of anilines is 6. The van der Waals surface area contributed by atoms with E-state index in [0.717, 1.165) is 61.0 Å². The quantitative estimate of drug-likeness (QED) is 0.158. The van der Waals surface area contributed by atoms with Gasteiger partial charge in [-0.15, -0.1) is 0 Å². The maximum atomic E-state index is 10.5. The molecule has 53 heavy (non-hydrogen) atoms. The number of nitrogens with zero attached hydrogens (tertiary/aromatic N) is 5. The van der Waals surface area contributed by atoms with Crippen LogP contribution in [0.4, 0.5) is 39.8 Å². The average molecular weight is 678 g/mol. The normalized spacial score (nSPS) is 11.0. The second-order valence-electron chi connectivity index (χ2n) is 12.8. The van der Waals surface area contributed by atoms with E-state index < -0.39 is 0 Å². The zero-order chi connectivity index (χ0) is 35.7. The second-order valence-corrected chi connectivity index (χ2v) is 12.8. The molecule has 8 aromatic carbocycles. The van der Waals surface area contributed by atoms with E-state index in [1.54, 1.807) is 0 Å². The van der Waals surface area contributed by atoms with E-state index in [-0.39, 0.29) is 0 Å². The first-order valence-corrected chi connectivity index (χ1v) is 17.5. The van der Waals surface area contributed by atoms with Gasteiger partial charge in [-0.2, -0.15) is 5.26 Å². The molecular weight excluding hydrogens is 647 g/mol. The molecule has 0 N–H and O–H groups in total. The van der Waals surface area contributed by atoms with E-state index in [2.05, 4.69) is 128 Å². The van der Waals surface area contributed by atoms with Gasteiger partial charge < -0.3 is 14.4 Å². The van der Waals surface area contributed by atoms with Crippen molar-refractivity contribution in [1.29, 1.82) is 5.26 Å². The van der Waals surface area contributed by atoms with Crippen LogP contribution in [0.1, 0.15) is 5.56 Å². The van der Waals surface area contributed by atoms with Crippen LogP contribution in [-0.2, 0) is 0 Å². The van der Waals surface area contributed by atoms with Crippen molar-refractivity contribution in [3.63, 3.8) is 0 Å². The third-order valence-corrected chi connectivity index (χ3v) is 9.75. The summed E-state index contributed by atoms with van der Waals surface area (Å²) in [7, 11) is 0. The summed E-state index contributed by atoms with van der Waals surface area (Å²) in [6, 6.07) is 66.2. The molecule has 0 spiro atoms. The molecular formula is C48H31N5. The average Bonchev–Trinajstić information content (AvgIpc) is 3.56. The number of aromatic nitrogens is 1. The van der Waals surface area contributed by atoms with Crippen molar-refractivity contribution >= 4 is 72.4 Å². The number of hydrogen-bond acceptors (Lipinski definition) is 3. The number of rotatable bonds is 7. The van der Waals surface area contributed by atoms with Crippen molar-refractivity contribution in [2.45, 2.75) is 0 Å². The third-order valence-electron chi connectivity index (χ3n) is 9.75. The Kier molecular flexibility index (Phi) is 7.86. The Hall–Kier alpha value is -7.60. The molecule has 0 fully saturated rings. The summed E-state index contributed by atoms with van der Waals surface area (Å²) >= 11 is 0. The van der Waals surface area contributed by atoms with Crippen LogP contribution in [0.15, 0.2) is 188 Å². The van der Waals surface area contributed by atoms with Gasteiger partial charge in [0.25, 0.3) is 0 Å². The smallest absolute Gasteiger partial charge is 0.234 e. The van der Waals surface area contributed by atoms with Crippen LogP contribution in [0, 0.1) is 17.9 Å². The molecule has 1 heterocycles. The predicted molar refractivity (Wildman–Crippen MR) is 219 cm³/mol. The van der Waals surface area contributed by atoms with Gasteiger partial charge in [-0.25, -0.2) is 4.85 Å². The molecule has 0 atom stereocenters. The number of fused-ring (bicyclic) bond motifs is 5. The topological polar surface area (TPSA) is 39.6 Å².